The lowest BCUT2D eigenvalue weighted by molar-refractivity contribution is 0.0243. The summed E-state index contributed by atoms with van der Waals surface area (Å²) in [6, 6.07) is 20.5. The second-order valence-corrected chi connectivity index (χ2v) is 13.1. The van der Waals surface area contributed by atoms with Crippen LogP contribution in [0.2, 0.25) is 0 Å². The maximum absolute atomic E-state index is 6.03. The smallest absolute Gasteiger partial charge is 0.162 e. The fourth-order valence-electron chi connectivity index (χ4n) is 7.64. The van der Waals surface area contributed by atoms with E-state index in [9.17, 15) is 0 Å². The molecular weight excluding hydrogens is 560 g/mol. The number of morpholine rings is 1. The van der Waals surface area contributed by atoms with Gasteiger partial charge < -0.3 is 29.9 Å². The maximum Gasteiger partial charge on any atom is 0.162 e. The number of nitrogens with one attached hydrogen (secondary N) is 3. The molecule has 5 aliphatic rings. The number of allylic oxidation sites excluding steroid dienone is 4. The van der Waals surface area contributed by atoms with E-state index < -0.39 is 0 Å². The minimum Gasteiger partial charge on any atom is -0.379 e. The fourth-order valence-corrected chi connectivity index (χ4v) is 7.64. The van der Waals surface area contributed by atoms with Crippen molar-refractivity contribution in [2.75, 3.05) is 79.7 Å². The summed E-state index contributed by atoms with van der Waals surface area (Å²) in [5, 5.41) is 11.2. The lowest BCUT2D eigenvalue weighted by atomic mass is 9.82. The van der Waals surface area contributed by atoms with Crippen molar-refractivity contribution in [3.8, 4) is 11.1 Å². The Morgan fingerprint density at radius 3 is 2.33 bits per heavy atom. The van der Waals surface area contributed by atoms with Crippen molar-refractivity contribution in [2.45, 2.75) is 38.4 Å². The Bertz CT molecular complexity index is 1630. The van der Waals surface area contributed by atoms with Gasteiger partial charge in [-0.3, -0.25) is 10.2 Å². The van der Waals surface area contributed by atoms with Gasteiger partial charge in [0.05, 0.1) is 55.8 Å². The lowest BCUT2D eigenvalue weighted by Crippen LogP contribution is -2.52. The van der Waals surface area contributed by atoms with Crippen molar-refractivity contribution in [1.82, 2.24) is 10.2 Å². The monoisotopic (exact) mass is 604 g/mol. The second-order valence-electron chi connectivity index (χ2n) is 13.1. The molecule has 0 aromatic heterocycles. The third kappa shape index (κ3) is 5.10. The van der Waals surface area contributed by atoms with Crippen LogP contribution in [0.15, 0.2) is 78.5 Å². The first kappa shape index (κ1) is 28.6. The molecule has 8 rings (SSSR count). The summed E-state index contributed by atoms with van der Waals surface area (Å²) in [7, 11) is 0. The summed E-state index contributed by atoms with van der Waals surface area (Å²) in [6.07, 6.45) is 8.88. The highest BCUT2D eigenvalue weighted by Gasteiger charge is 2.42. The Morgan fingerprint density at radius 1 is 0.822 bits per heavy atom. The molecular formula is C37H44N6O2. The number of benzene rings is 3. The van der Waals surface area contributed by atoms with E-state index in [-0.39, 0.29) is 11.7 Å². The number of hydrogen-bond acceptors (Lipinski definition) is 8. The summed E-state index contributed by atoms with van der Waals surface area (Å²) in [5.74, 6) is 0. The summed E-state index contributed by atoms with van der Waals surface area (Å²) in [5.41, 5.74) is 12.6. The largest absolute Gasteiger partial charge is 0.379 e. The van der Waals surface area contributed by atoms with Crippen molar-refractivity contribution in [3.63, 3.8) is 0 Å². The van der Waals surface area contributed by atoms with Gasteiger partial charge in [-0.2, -0.15) is 0 Å². The predicted octanol–water partition coefficient (Wildman–Crippen LogP) is 6.20. The first-order valence-electron chi connectivity index (χ1n) is 16.6. The molecule has 1 unspecified atom stereocenters. The highest BCUT2D eigenvalue weighted by atomic mass is 16.5. The normalized spacial score (nSPS) is 22.7. The average Bonchev–Trinajstić information content (AvgIpc) is 3.54. The quantitative estimate of drug-likeness (QED) is 0.327. The molecule has 3 aromatic carbocycles. The minimum atomic E-state index is -0.165. The van der Waals surface area contributed by atoms with Gasteiger partial charge in [0.25, 0.3) is 0 Å². The summed E-state index contributed by atoms with van der Waals surface area (Å²) in [4.78, 5) is 7.47. The third-order valence-electron chi connectivity index (χ3n) is 10.0. The van der Waals surface area contributed by atoms with E-state index in [2.05, 4.69) is 117 Å². The van der Waals surface area contributed by atoms with Crippen molar-refractivity contribution in [2.24, 2.45) is 0 Å². The molecule has 8 nitrogen and oxygen atoms in total. The SMILES string of the molecule is CC1(C)c2cc3c(cc2-c2cc4c(cc21)N(c1ccccc1)C(N1CCOCC1)N4)NCNCCOCCN3C1=CC=CCC1. The number of fused-ring (bicyclic) bond motifs is 5. The Hall–Kier alpha value is -3.82. The molecule has 1 atom stereocenters. The summed E-state index contributed by atoms with van der Waals surface area (Å²) >= 11 is 0. The van der Waals surface area contributed by atoms with E-state index in [4.69, 9.17) is 9.47 Å². The Labute approximate surface area is 266 Å². The number of ether oxygens (including phenoxy) is 2. The van der Waals surface area contributed by atoms with Crippen molar-refractivity contribution in [1.29, 1.82) is 0 Å². The first-order valence-corrected chi connectivity index (χ1v) is 16.6. The molecule has 0 saturated carbocycles. The number of anilines is 5. The van der Waals surface area contributed by atoms with E-state index >= 15 is 0 Å². The Balaban J connectivity index is 1.25. The van der Waals surface area contributed by atoms with Crippen molar-refractivity contribution < 1.29 is 9.47 Å². The molecule has 3 aliphatic heterocycles. The molecule has 3 N–H and O–H groups in total. The van der Waals surface area contributed by atoms with E-state index in [0.717, 1.165) is 57.9 Å². The van der Waals surface area contributed by atoms with Gasteiger partial charge in [0.1, 0.15) is 0 Å². The zero-order chi connectivity index (χ0) is 30.4. The molecule has 1 saturated heterocycles. The van der Waals surface area contributed by atoms with Crippen LogP contribution >= 0.6 is 0 Å². The van der Waals surface area contributed by atoms with Crippen LogP contribution in [0.1, 0.15) is 37.8 Å². The van der Waals surface area contributed by atoms with Gasteiger partial charge in [-0.25, -0.2) is 0 Å². The predicted molar refractivity (Wildman–Crippen MR) is 184 cm³/mol. The van der Waals surface area contributed by atoms with Crippen LogP contribution in [-0.2, 0) is 14.9 Å². The summed E-state index contributed by atoms with van der Waals surface area (Å²) in [6.45, 7) is 11.9. The molecule has 2 aliphatic carbocycles. The number of para-hydroxylation sites is 1. The molecule has 0 spiro atoms. The Morgan fingerprint density at radius 2 is 1.56 bits per heavy atom. The van der Waals surface area contributed by atoms with E-state index in [1.807, 2.05) is 0 Å². The minimum absolute atomic E-state index is 0.0464. The van der Waals surface area contributed by atoms with Gasteiger partial charge in [0, 0.05) is 43.0 Å². The Kier molecular flexibility index (Phi) is 7.53. The van der Waals surface area contributed by atoms with Gasteiger partial charge in [0.2, 0.25) is 0 Å². The van der Waals surface area contributed by atoms with Crippen LogP contribution in [0.5, 0.6) is 0 Å². The molecule has 234 valence electrons. The molecule has 1 fully saturated rings. The number of hydrogen-bond donors (Lipinski definition) is 3. The third-order valence-corrected chi connectivity index (χ3v) is 10.0. The average molecular weight is 605 g/mol. The molecule has 0 amide bonds. The molecule has 3 heterocycles. The zero-order valence-corrected chi connectivity index (χ0v) is 26.4. The van der Waals surface area contributed by atoms with Gasteiger partial charge >= 0.3 is 0 Å². The first-order chi connectivity index (χ1) is 22.1. The van der Waals surface area contributed by atoms with Crippen LogP contribution in [0.3, 0.4) is 0 Å². The fraction of sp³-hybridized carbons (Fsp3) is 0.405. The standard InChI is InChI=1S/C37H44N6O2/c1-37(2)30-23-34-32(39-25-38-13-17-44-20-16-42(34)26-9-5-3-6-10-26)21-28(30)29-22-33-35(24-31(29)37)43(27-11-7-4-8-12-27)36(40-33)41-14-18-45-19-15-41/h3-5,7-9,11-12,21-24,36,38-40H,6,10,13-20,25H2,1-2H3. The molecule has 3 aromatic rings. The van der Waals surface area contributed by atoms with Gasteiger partial charge in [-0.15, -0.1) is 0 Å². The van der Waals surface area contributed by atoms with Crippen LogP contribution in [0.25, 0.3) is 11.1 Å². The molecule has 8 heteroatoms. The lowest BCUT2D eigenvalue weighted by Gasteiger charge is -2.38. The van der Waals surface area contributed by atoms with Gasteiger partial charge in [0.15, 0.2) is 6.29 Å². The van der Waals surface area contributed by atoms with Crippen LogP contribution < -0.4 is 25.8 Å². The molecule has 0 bridgehead atoms. The topological polar surface area (TPSA) is 64.3 Å². The van der Waals surface area contributed by atoms with Gasteiger partial charge in [-0.05, 0) is 77.6 Å². The van der Waals surface area contributed by atoms with Crippen LogP contribution in [0.4, 0.5) is 28.4 Å². The van der Waals surface area contributed by atoms with Crippen molar-refractivity contribution in [3.05, 3.63) is 89.6 Å². The number of nitrogens with zero attached hydrogens (tertiary/aromatic N) is 3. The summed E-state index contributed by atoms with van der Waals surface area (Å²) < 4.78 is 11.8. The number of rotatable bonds is 3. The molecule has 45 heavy (non-hydrogen) atoms. The highest BCUT2D eigenvalue weighted by molar-refractivity contribution is 5.94. The van der Waals surface area contributed by atoms with Crippen LogP contribution in [-0.4, -0.2) is 70.5 Å². The maximum atomic E-state index is 6.03. The highest BCUT2D eigenvalue weighted by Crippen LogP contribution is 2.56. The van der Waals surface area contributed by atoms with E-state index in [1.165, 1.54) is 50.7 Å². The second kappa shape index (κ2) is 11.8. The van der Waals surface area contributed by atoms with Gasteiger partial charge in [-0.1, -0.05) is 44.2 Å². The van der Waals surface area contributed by atoms with Crippen molar-refractivity contribution >= 4 is 28.4 Å². The molecule has 0 radical (unpaired) electrons. The van der Waals surface area contributed by atoms with E-state index in [0.29, 0.717) is 19.9 Å². The zero-order valence-electron chi connectivity index (χ0n) is 26.4. The van der Waals surface area contributed by atoms with Crippen LogP contribution in [0, 0.1) is 0 Å². The van der Waals surface area contributed by atoms with E-state index in [1.54, 1.807) is 0 Å².